The SMILES string of the molecule is [2H]c1cc2ccc(C(=O)N(CC)CC(=O)N3CCC(C4CCN(C)CC4)CC3)cc2[nH]1. The predicted octanol–water partition coefficient (Wildman–Crippen LogP) is 3.21. The number of piperidine rings is 2. The Morgan fingerprint density at radius 3 is 2.43 bits per heavy atom. The highest BCUT2D eigenvalue weighted by Gasteiger charge is 2.31. The molecule has 6 heteroatoms. The number of likely N-dealkylation sites (N-methyl/N-ethyl adjacent to an activating group) is 1. The molecule has 2 aliphatic rings. The molecule has 30 heavy (non-hydrogen) atoms. The Hall–Kier alpha value is -2.34. The van der Waals surface area contributed by atoms with Crippen LogP contribution in [0.25, 0.3) is 10.9 Å². The van der Waals surface area contributed by atoms with Gasteiger partial charge in [-0.15, -0.1) is 0 Å². The number of hydrogen-bond acceptors (Lipinski definition) is 3. The maximum atomic E-state index is 13.0. The van der Waals surface area contributed by atoms with E-state index in [0.29, 0.717) is 18.3 Å². The first-order valence-corrected chi connectivity index (χ1v) is 11.3. The Kier molecular flexibility index (Phi) is 6.02. The number of aromatic amines is 1. The summed E-state index contributed by atoms with van der Waals surface area (Å²) in [6, 6.07) is 7.13. The number of likely N-dealkylation sites (tertiary alicyclic amines) is 2. The number of carbonyl (C=O) groups excluding carboxylic acids is 2. The van der Waals surface area contributed by atoms with Gasteiger partial charge in [0.15, 0.2) is 0 Å². The maximum absolute atomic E-state index is 13.0. The first-order chi connectivity index (χ1) is 14.9. The van der Waals surface area contributed by atoms with Gasteiger partial charge in [0.25, 0.3) is 5.91 Å². The van der Waals surface area contributed by atoms with Gasteiger partial charge in [0, 0.05) is 36.9 Å². The van der Waals surface area contributed by atoms with Gasteiger partial charge in [0.2, 0.25) is 5.91 Å². The van der Waals surface area contributed by atoms with Gasteiger partial charge < -0.3 is 19.7 Å². The van der Waals surface area contributed by atoms with E-state index in [1.54, 1.807) is 23.1 Å². The minimum absolute atomic E-state index is 0.0476. The van der Waals surface area contributed by atoms with Crippen molar-refractivity contribution in [2.24, 2.45) is 11.8 Å². The molecule has 4 rings (SSSR count). The van der Waals surface area contributed by atoms with Crippen molar-refractivity contribution in [1.82, 2.24) is 19.7 Å². The van der Waals surface area contributed by atoms with Crippen LogP contribution in [0.1, 0.15) is 44.3 Å². The second-order valence-corrected chi connectivity index (χ2v) is 8.89. The monoisotopic (exact) mass is 411 g/mol. The second-order valence-electron chi connectivity index (χ2n) is 8.89. The largest absolute Gasteiger partial charge is 0.361 e. The molecule has 1 N–H and O–H groups in total. The van der Waals surface area contributed by atoms with Crippen molar-refractivity contribution in [3.63, 3.8) is 0 Å². The summed E-state index contributed by atoms with van der Waals surface area (Å²) in [5.74, 6) is 1.44. The molecule has 2 amide bonds. The highest BCUT2D eigenvalue weighted by molar-refractivity contribution is 5.99. The topological polar surface area (TPSA) is 59.7 Å². The van der Waals surface area contributed by atoms with Crippen LogP contribution in [-0.2, 0) is 4.79 Å². The van der Waals surface area contributed by atoms with Crippen LogP contribution >= 0.6 is 0 Å². The summed E-state index contributed by atoms with van der Waals surface area (Å²) in [5, 5.41) is 0.910. The maximum Gasteiger partial charge on any atom is 0.254 e. The number of nitrogens with zero attached hydrogens (tertiary/aromatic N) is 3. The highest BCUT2D eigenvalue weighted by atomic mass is 16.2. The molecule has 6 nitrogen and oxygen atoms in total. The van der Waals surface area contributed by atoms with E-state index in [1.807, 2.05) is 17.9 Å². The van der Waals surface area contributed by atoms with Crippen molar-refractivity contribution in [3.05, 3.63) is 36.0 Å². The molecule has 0 spiro atoms. The number of hydrogen-bond donors (Lipinski definition) is 1. The summed E-state index contributed by atoms with van der Waals surface area (Å²) in [6.07, 6.45) is 5.05. The van der Waals surface area contributed by atoms with Crippen LogP contribution in [0.4, 0.5) is 0 Å². The van der Waals surface area contributed by atoms with Crippen LogP contribution < -0.4 is 0 Å². The molecule has 0 aliphatic carbocycles. The van der Waals surface area contributed by atoms with E-state index in [9.17, 15) is 9.59 Å². The van der Waals surface area contributed by atoms with Crippen LogP contribution in [0.5, 0.6) is 0 Å². The fourth-order valence-electron chi connectivity index (χ4n) is 5.01. The lowest BCUT2D eigenvalue weighted by Crippen LogP contribution is -2.47. The third-order valence-corrected chi connectivity index (χ3v) is 7.05. The van der Waals surface area contributed by atoms with Gasteiger partial charge in [-0.25, -0.2) is 0 Å². The number of H-pyrrole nitrogens is 1. The summed E-state index contributed by atoms with van der Waals surface area (Å²) in [4.78, 5) is 34.9. The normalized spacial score (nSPS) is 19.8. The lowest BCUT2D eigenvalue weighted by molar-refractivity contribution is -0.133. The minimum Gasteiger partial charge on any atom is -0.361 e. The molecule has 0 bridgehead atoms. The summed E-state index contributed by atoms with van der Waals surface area (Å²) < 4.78 is 7.71. The van der Waals surface area contributed by atoms with Crippen LogP contribution in [0.15, 0.2) is 30.4 Å². The molecular formula is C24H34N4O2. The van der Waals surface area contributed by atoms with Crippen LogP contribution in [0.2, 0.25) is 0 Å². The van der Waals surface area contributed by atoms with E-state index < -0.39 is 0 Å². The molecule has 0 unspecified atom stereocenters. The molecule has 1 aromatic carbocycles. The van der Waals surface area contributed by atoms with E-state index in [0.717, 1.165) is 48.7 Å². The Morgan fingerprint density at radius 1 is 1.10 bits per heavy atom. The number of fused-ring (bicyclic) bond motifs is 1. The van der Waals surface area contributed by atoms with E-state index in [-0.39, 0.29) is 18.4 Å². The van der Waals surface area contributed by atoms with Crippen LogP contribution in [-0.4, -0.2) is 77.8 Å². The third kappa shape index (κ3) is 4.53. The Morgan fingerprint density at radius 2 is 1.77 bits per heavy atom. The van der Waals surface area contributed by atoms with Gasteiger partial charge in [-0.05, 0) is 88.2 Å². The fraction of sp³-hybridized carbons (Fsp3) is 0.583. The van der Waals surface area contributed by atoms with E-state index in [4.69, 9.17) is 1.37 Å². The zero-order valence-electron chi connectivity index (χ0n) is 19.2. The van der Waals surface area contributed by atoms with Crippen molar-refractivity contribution in [3.8, 4) is 0 Å². The van der Waals surface area contributed by atoms with Crippen molar-refractivity contribution in [2.45, 2.75) is 32.6 Å². The summed E-state index contributed by atoms with van der Waals surface area (Å²) in [7, 11) is 2.20. The molecule has 0 saturated carbocycles. The average molecular weight is 412 g/mol. The summed E-state index contributed by atoms with van der Waals surface area (Å²) >= 11 is 0. The van der Waals surface area contributed by atoms with Gasteiger partial charge in [0.1, 0.15) is 6.54 Å². The molecule has 0 atom stereocenters. The van der Waals surface area contributed by atoms with Crippen molar-refractivity contribution < 1.29 is 11.0 Å². The van der Waals surface area contributed by atoms with Crippen molar-refractivity contribution in [1.29, 1.82) is 0 Å². The molecular weight excluding hydrogens is 376 g/mol. The van der Waals surface area contributed by atoms with E-state index in [1.165, 1.54) is 25.9 Å². The second kappa shape index (κ2) is 9.21. The predicted molar refractivity (Wildman–Crippen MR) is 119 cm³/mol. The molecule has 2 aromatic rings. The third-order valence-electron chi connectivity index (χ3n) is 7.05. The standard InChI is InChI=1S/C24H34N4O2/c1-3-27(24(30)21-5-4-20-6-11-25-22(20)16-21)17-23(29)28-14-9-19(10-15-28)18-7-12-26(2)13-8-18/h4-6,11,16,18-19,25H,3,7-10,12-15,17H2,1-2H3/i11D. The smallest absolute Gasteiger partial charge is 0.254 e. The minimum atomic E-state index is -0.139. The summed E-state index contributed by atoms with van der Waals surface area (Å²) in [5.41, 5.74) is 1.32. The quantitative estimate of drug-likeness (QED) is 0.822. The number of rotatable bonds is 5. The fourth-order valence-corrected chi connectivity index (χ4v) is 5.01. The average Bonchev–Trinajstić information content (AvgIpc) is 3.16. The van der Waals surface area contributed by atoms with Crippen molar-refractivity contribution >= 4 is 22.7 Å². The van der Waals surface area contributed by atoms with Gasteiger partial charge in [0.05, 0.1) is 1.37 Å². The van der Waals surface area contributed by atoms with Gasteiger partial charge in [-0.1, -0.05) is 6.07 Å². The first-order valence-electron chi connectivity index (χ1n) is 11.8. The molecule has 0 radical (unpaired) electrons. The van der Waals surface area contributed by atoms with E-state index in [2.05, 4.69) is 16.9 Å². The Labute approximate surface area is 180 Å². The van der Waals surface area contributed by atoms with Crippen LogP contribution in [0.3, 0.4) is 0 Å². The Balaban J connectivity index is 1.32. The first kappa shape index (κ1) is 19.6. The highest BCUT2D eigenvalue weighted by Crippen LogP contribution is 2.32. The number of aromatic nitrogens is 1. The van der Waals surface area contributed by atoms with Crippen LogP contribution in [0, 0.1) is 11.8 Å². The molecule has 1 aromatic heterocycles. The lowest BCUT2D eigenvalue weighted by Gasteiger charge is -2.39. The molecule has 2 fully saturated rings. The van der Waals surface area contributed by atoms with Crippen molar-refractivity contribution in [2.75, 3.05) is 46.3 Å². The number of amides is 2. The summed E-state index contributed by atoms with van der Waals surface area (Å²) in [6.45, 7) is 6.52. The molecule has 2 saturated heterocycles. The molecule has 3 heterocycles. The van der Waals surface area contributed by atoms with Gasteiger partial charge in [-0.2, -0.15) is 0 Å². The number of benzene rings is 1. The molecule has 162 valence electrons. The molecule has 2 aliphatic heterocycles. The number of nitrogens with one attached hydrogen (secondary N) is 1. The van der Waals surface area contributed by atoms with Gasteiger partial charge >= 0.3 is 0 Å². The Bertz CT molecular complexity index is 927. The van der Waals surface area contributed by atoms with E-state index >= 15 is 0 Å². The zero-order valence-corrected chi connectivity index (χ0v) is 18.2. The van der Waals surface area contributed by atoms with Gasteiger partial charge in [-0.3, -0.25) is 9.59 Å². The number of carbonyl (C=O) groups is 2. The lowest BCUT2D eigenvalue weighted by atomic mass is 9.79. The zero-order chi connectivity index (χ0) is 22.0.